The number of ether oxygens (including phenoxy) is 1. The Labute approximate surface area is 102 Å². The number of nitrogens with zero attached hydrogens (tertiary/aromatic N) is 3. The Hall–Kier alpha value is -0.940. The van der Waals surface area contributed by atoms with Crippen molar-refractivity contribution in [2.45, 2.75) is 38.8 Å². The van der Waals surface area contributed by atoms with Gasteiger partial charge in [0.15, 0.2) is 0 Å². The standard InChI is InChI=1S/C12H20N4O/c1-9-14-15-12-6-10(8-16(9)12)7-13-11-2-4-17-5-3-11/h10-11,13H,2-8H2,1H3. The monoisotopic (exact) mass is 236 g/mol. The van der Waals surface area contributed by atoms with Crippen LogP contribution in [0, 0.1) is 12.8 Å². The van der Waals surface area contributed by atoms with Gasteiger partial charge in [-0.15, -0.1) is 10.2 Å². The Morgan fingerprint density at radius 2 is 2.18 bits per heavy atom. The molecule has 3 rings (SSSR count). The Morgan fingerprint density at radius 1 is 1.35 bits per heavy atom. The van der Waals surface area contributed by atoms with Crippen LogP contribution in [0.25, 0.3) is 0 Å². The van der Waals surface area contributed by atoms with Crippen LogP contribution in [0.1, 0.15) is 24.5 Å². The van der Waals surface area contributed by atoms with Gasteiger partial charge in [0.1, 0.15) is 11.6 Å². The number of hydrogen-bond acceptors (Lipinski definition) is 4. The molecule has 3 heterocycles. The summed E-state index contributed by atoms with van der Waals surface area (Å²) in [5, 5.41) is 12.0. The summed E-state index contributed by atoms with van der Waals surface area (Å²) in [4.78, 5) is 0. The number of aromatic nitrogens is 3. The fraction of sp³-hybridized carbons (Fsp3) is 0.833. The molecule has 2 aliphatic heterocycles. The summed E-state index contributed by atoms with van der Waals surface area (Å²) in [5.41, 5.74) is 0. The van der Waals surface area contributed by atoms with Crippen molar-refractivity contribution in [3.63, 3.8) is 0 Å². The molecule has 1 fully saturated rings. The highest BCUT2D eigenvalue weighted by molar-refractivity contribution is 5.01. The zero-order valence-corrected chi connectivity index (χ0v) is 10.4. The Bertz CT molecular complexity index is 384. The van der Waals surface area contributed by atoms with E-state index in [1.807, 2.05) is 6.92 Å². The van der Waals surface area contributed by atoms with Crippen LogP contribution < -0.4 is 5.32 Å². The second-order valence-corrected chi connectivity index (χ2v) is 5.14. The van der Waals surface area contributed by atoms with E-state index >= 15 is 0 Å². The molecule has 94 valence electrons. The third-order valence-electron chi connectivity index (χ3n) is 3.84. The van der Waals surface area contributed by atoms with E-state index in [-0.39, 0.29) is 0 Å². The molecule has 2 aliphatic rings. The Kier molecular flexibility index (Phi) is 3.11. The quantitative estimate of drug-likeness (QED) is 0.831. The minimum absolute atomic E-state index is 0.649. The van der Waals surface area contributed by atoms with Crippen LogP contribution in [0.5, 0.6) is 0 Å². The molecule has 0 aliphatic carbocycles. The largest absolute Gasteiger partial charge is 0.381 e. The number of nitrogens with one attached hydrogen (secondary N) is 1. The molecule has 0 aromatic carbocycles. The summed E-state index contributed by atoms with van der Waals surface area (Å²) in [7, 11) is 0. The maximum Gasteiger partial charge on any atom is 0.133 e. The average molecular weight is 236 g/mol. The highest BCUT2D eigenvalue weighted by Gasteiger charge is 2.25. The highest BCUT2D eigenvalue weighted by Crippen LogP contribution is 2.19. The molecule has 17 heavy (non-hydrogen) atoms. The van der Waals surface area contributed by atoms with Gasteiger partial charge >= 0.3 is 0 Å². The molecule has 0 spiro atoms. The van der Waals surface area contributed by atoms with Crippen molar-refractivity contribution in [1.82, 2.24) is 20.1 Å². The zero-order valence-electron chi connectivity index (χ0n) is 10.4. The van der Waals surface area contributed by atoms with E-state index in [1.54, 1.807) is 0 Å². The number of fused-ring (bicyclic) bond motifs is 1. The van der Waals surface area contributed by atoms with Gasteiger partial charge in [0.25, 0.3) is 0 Å². The molecule has 0 amide bonds. The van der Waals surface area contributed by atoms with Gasteiger partial charge in [-0.05, 0) is 25.7 Å². The van der Waals surface area contributed by atoms with E-state index in [0.29, 0.717) is 12.0 Å². The van der Waals surface area contributed by atoms with E-state index in [9.17, 15) is 0 Å². The maximum absolute atomic E-state index is 5.36. The van der Waals surface area contributed by atoms with Crippen molar-refractivity contribution in [2.75, 3.05) is 19.8 Å². The predicted octanol–water partition coefficient (Wildman–Crippen LogP) is 0.527. The highest BCUT2D eigenvalue weighted by atomic mass is 16.5. The average Bonchev–Trinajstić information content (AvgIpc) is 2.91. The summed E-state index contributed by atoms with van der Waals surface area (Å²) in [5.74, 6) is 2.89. The van der Waals surface area contributed by atoms with Crippen LogP contribution in [-0.2, 0) is 17.7 Å². The van der Waals surface area contributed by atoms with E-state index in [4.69, 9.17) is 4.74 Å². The van der Waals surface area contributed by atoms with Crippen molar-refractivity contribution in [1.29, 1.82) is 0 Å². The predicted molar refractivity (Wildman–Crippen MR) is 63.8 cm³/mol. The van der Waals surface area contributed by atoms with Crippen molar-refractivity contribution < 1.29 is 4.74 Å². The SMILES string of the molecule is Cc1nnc2n1CC(CNC1CCOCC1)C2. The molecule has 1 N–H and O–H groups in total. The van der Waals surface area contributed by atoms with Crippen LogP contribution >= 0.6 is 0 Å². The Morgan fingerprint density at radius 3 is 2.94 bits per heavy atom. The van der Waals surface area contributed by atoms with E-state index in [0.717, 1.165) is 57.2 Å². The summed E-state index contributed by atoms with van der Waals surface area (Å²) in [6, 6.07) is 0.649. The summed E-state index contributed by atoms with van der Waals surface area (Å²) < 4.78 is 7.61. The summed E-state index contributed by atoms with van der Waals surface area (Å²) >= 11 is 0. The first kappa shape index (κ1) is 11.2. The molecule has 1 aromatic heterocycles. The van der Waals surface area contributed by atoms with Gasteiger partial charge in [-0.1, -0.05) is 0 Å². The van der Waals surface area contributed by atoms with Crippen LogP contribution in [0.3, 0.4) is 0 Å². The fourth-order valence-corrected chi connectivity index (χ4v) is 2.77. The molecular formula is C12H20N4O. The first-order chi connectivity index (χ1) is 8.33. The minimum atomic E-state index is 0.649. The molecule has 5 heteroatoms. The van der Waals surface area contributed by atoms with Gasteiger partial charge in [0.05, 0.1) is 0 Å². The molecular weight excluding hydrogens is 216 g/mol. The number of aryl methyl sites for hydroxylation is 1. The van der Waals surface area contributed by atoms with Crippen LogP contribution in [0.2, 0.25) is 0 Å². The van der Waals surface area contributed by atoms with Crippen LogP contribution in [0.4, 0.5) is 0 Å². The molecule has 0 radical (unpaired) electrons. The summed E-state index contributed by atoms with van der Waals surface area (Å²) in [6.45, 7) is 6.02. The first-order valence-corrected chi connectivity index (χ1v) is 6.53. The lowest BCUT2D eigenvalue weighted by Gasteiger charge is -2.24. The molecule has 1 aromatic rings. The van der Waals surface area contributed by atoms with E-state index in [2.05, 4.69) is 20.1 Å². The number of hydrogen-bond donors (Lipinski definition) is 1. The van der Waals surface area contributed by atoms with Gasteiger partial charge in [0, 0.05) is 38.8 Å². The third kappa shape index (κ3) is 2.35. The molecule has 1 saturated heterocycles. The van der Waals surface area contributed by atoms with Gasteiger partial charge in [-0.25, -0.2) is 0 Å². The van der Waals surface area contributed by atoms with Gasteiger partial charge in [-0.3, -0.25) is 0 Å². The Balaban J connectivity index is 1.48. The molecule has 0 saturated carbocycles. The molecule has 5 nitrogen and oxygen atoms in total. The zero-order chi connectivity index (χ0) is 11.7. The number of rotatable bonds is 3. The second-order valence-electron chi connectivity index (χ2n) is 5.14. The van der Waals surface area contributed by atoms with Crippen molar-refractivity contribution in [3.8, 4) is 0 Å². The normalized spacial score (nSPS) is 25.1. The lowest BCUT2D eigenvalue weighted by Crippen LogP contribution is -2.38. The van der Waals surface area contributed by atoms with E-state index < -0.39 is 0 Å². The molecule has 1 unspecified atom stereocenters. The molecule has 1 atom stereocenters. The summed E-state index contributed by atoms with van der Waals surface area (Å²) in [6.07, 6.45) is 3.37. The topological polar surface area (TPSA) is 52.0 Å². The maximum atomic E-state index is 5.36. The van der Waals surface area contributed by atoms with Crippen LogP contribution in [0.15, 0.2) is 0 Å². The lowest BCUT2D eigenvalue weighted by atomic mass is 10.1. The second kappa shape index (κ2) is 4.74. The smallest absolute Gasteiger partial charge is 0.133 e. The van der Waals surface area contributed by atoms with E-state index in [1.165, 1.54) is 0 Å². The van der Waals surface area contributed by atoms with Crippen molar-refractivity contribution >= 4 is 0 Å². The van der Waals surface area contributed by atoms with Crippen molar-refractivity contribution in [2.24, 2.45) is 5.92 Å². The lowest BCUT2D eigenvalue weighted by molar-refractivity contribution is 0.0769. The van der Waals surface area contributed by atoms with Crippen molar-refractivity contribution in [3.05, 3.63) is 11.6 Å². The third-order valence-corrected chi connectivity index (χ3v) is 3.84. The van der Waals surface area contributed by atoms with Gasteiger partial charge < -0.3 is 14.6 Å². The van der Waals surface area contributed by atoms with Gasteiger partial charge in [0.2, 0.25) is 0 Å². The minimum Gasteiger partial charge on any atom is -0.381 e. The fourth-order valence-electron chi connectivity index (χ4n) is 2.77. The first-order valence-electron chi connectivity index (χ1n) is 6.53. The van der Waals surface area contributed by atoms with Crippen LogP contribution in [-0.4, -0.2) is 40.6 Å². The molecule has 0 bridgehead atoms. The van der Waals surface area contributed by atoms with Gasteiger partial charge in [-0.2, -0.15) is 0 Å².